The second kappa shape index (κ2) is 9.63. The number of para-hydroxylation sites is 2. The lowest BCUT2D eigenvalue weighted by molar-refractivity contribution is -0.134. The average Bonchev–Trinajstić information content (AvgIpc) is 3.08. The Bertz CT molecular complexity index is 933. The van der Waals surface area contributed by atoms with Crippen LogP contribution in [0, 0.1) is 17.8 Å². The van der Waals surface area contributed by atoms with Crippen LogP contribution in [0.2, 0.25) is 0 Å². The maximum absolute atomic E-state index is 13.2. The number of aromatic nitrogens is 2. The van der Waals surface area contributed by atoms with Crippen molar-refractivity contribution in [3.63, 3.8) is 0 Å². The van der Waals surface area contributed by atoms with Crippen molar-refractivity contribution in [3.05, 3.63) is 24.3 Å². The van der Waals surface area contributed by atoms with E-state index in [4.69, 9.17) is 4.98 Å². The van der Waals surface area contributed by atoms with Crippen LogP contribution in [0.3, 0.4) is 0 Å². The third-order valence-corrected chi connectivity index (χ3v) is 7.43. The minimum atomic E-state index is 0.139. The van der Waals surface area contributed by atoms with Gasteiger partial charge in [0.05, 0.1) is 16.8 Å². The van der Waals surface area contributed by atoms with E-state index in [2.05, 4.69) is 20.8 Å². The number of nitrogens with zero attached hydrogens (tertiary/aromatic N) is 4. The van der Waals surface area contributed by atoms with Crippen molar-refractivity contribution in [2.24, 2.45) is 17.8 Å². The van der Waals surface area contributed by atoms with E-state index in [1.807, 2.05) is 38.6 Å². The van der Waals surface area contributed by atoms with Crippen LogP contribution in [0.1, 0.15) is 40.0 Å². The van der Waals surface area contributed by atoms with Gasteiger partial charge in [-0.15, -0.1) is 0 Å². The summed E-state index contributed by atoms with van der Waals surface area (Å²) >= 11 is 1.46. The summed E-state index contributed by atoms with van der Waals surface area (Å²) in [6, 6.07) is 7.92. The second-order valence-corrected chi connectivity index (χ2v) is 10.5. The van der Waals surface area contributed by atoms with Crippen LogP contribution in [-0.4, -0.2) is 63.1 Å². The van der Waals surface area contributed by atoms with E-state index in [1.165, 1.54) is 24.6 Å². The predicted octanol–water partition coefficient (Wildman–Crippen LogP) is 3.89. The molecule has 6 nitrogen and oxygen atoms in total. The molecule has 2 aliphatic rings. The molecule has 2 amide bonds. The van der Waals surface area contributed by atoms with Crippen LogP contribution < -0.4 is 0 Å². The molecule has 0 radical (unpaired) electrons. The fourth-order valence-electron chi connectivity index (χ4n) is 5.05. The molecule has 4 rings (SSSR count). The Morgan fingerprint density at radius 2 is 1.71 bits per heavy atom. The summed E-state index contributed by atoms with van der Waals surface area (Å²) in [6.07, 6.45) is 3.45. The van der Waals surface area contributed by atoms with Crippen molar-refractivity contribution in [2.45, 2.75) is 51.7 Å². The highest BCUT2D eigenvalue weighted by Gasteiger charge is 2.27. The van der Waals surface area contributed by atoms with E-state index >= 15 is 0 Å². The highest BCUT2D eigenvalue weighted by atomic mass is 32.2. The Kier molecular flexibility index (Phi) is 6.89. The molecule has 2 saturated heterocycles. The third-order valence-electron chi connectivity index (χ3n) is 6.47. The number of rotatable bonds is 5. The van der Waals surface area contributed by atoms with E-state index in [1.54, 1.807) is 0 Å². The van der Waals surface area contributed by atoms with E-state index in [-0.39, 0.29) is 18.4 Å². The molecule has 0 spiro atoms. The molecule has 1 aromatic carbocycles. The van der Waals surface area contributed by atoms with Crippen LogP contribution in [0.15, 0.2) is 29.4 Å². The molecule has 1 aromatic heterocycles. The molecule has 2 fully saturated rings. The smallest absolute Gasteiger partial charge is 0.242 e. The fourth-order valence-corrected chi connectivity index (χ4v) is 5.97. The number of imidazole rings is 1. The van der Waals surface area contributed by atoms with Gasteiger partial charge in [0.15, 0.2) is 5.16 Å². The highest BCUT2D eigenvalue weighted by Crippen LogP contribution is 2.27. The second-order valence-electron chi connectivity index (χ2n) is 9.59. The summed E-state index contributed by atoms with van der Waals surface area (Å²) in [6.45, 7) is 10.3. The van der Waals surface area contributed by atoms with Crippen LogP contribution in [0.25, 0.3) is 11.0 Å². The third kappa shape index (κ3) is 5.25. The zero-order valence-electron chi connectivity index (χ0n) is 18.9. The van der Waals surface area contributed by atoms with Crippen LogP contribution in [0.4, 0.5) is 0 Å². The summed E-state index contributed by atoms with van der Waals surface area (Å²) < 4.78 is 2.00. The molecule has 0 N–H and O–H groups in total. The molecular weight excluding hydrogens is 408 g/mol. The highest BCUT2D eigenvalue weighted by molar-refractivity contribution is 7.99. The number of likely N-dealkylation sites (tertiary alicyclic amines) is 2. The number of amides is 2. The van der Waals surface area contributed by atoms with Crippen LogP contribution in [-0.2, 0) is 16.1 Å². The molecule has 0 aliphatic carbocycles. The molecule has 168 valence electrons. The van der Waals surface area contributed by atoms with E-state index in [0.29, 0.717) is 23.5 Å². The van der Waals surface area contributed by atoms with Gasteiger partial charge in [-0.05, 0) is 49.1 Å². The van der Waals surface area contributed by atoms with Gasteiger partial charge in [-0.2, -0.15) is 0 Å². The lowest BCUT2D eigenvalue weighted by Gasteiger charge is -2.35. The molecule has 2 aliphatic heterocycles. The minimum absolute atomic E-state index is 0.139. The molecule has 3 heterocycles. The Morgan fingerprint density at radius 3 is 2.45 bits per heavy atom. The van der Waals surface area contributed by atoms with Gasteiger partial charge in [-0.1, -0.05) is 44.7 Å². The quantitative estimate of drug-likeness (QED) is 0.659. The Hall–Kier alpha value is -2.02. The monoisotopic (exact) mass is 442 g/mol. The zero-order chi connectivity index (χ0) is 22.0. The number of hydrogen-bond donors (Lipinski definition) is 0. The zero-order valence-corrected chi connectivity index (χ0v) is 19.7. The van der Waals surface area contributed by atoms with E-state index < -0.39 is 0 Å². The van der Waals surface area contributed by atoms with Gasteiger partial charge in [-0.3, -0.25) is 9.59 Å². The molecule has 31 heavy (non-hydrogen) atoms. The van der Waals surface area contributed by atoms with E-state index in [0.717, 1.165) is 48.8 Å². The molecule has 2 aromatic rings. The molecule has 3 atom stereocenters. The number of benzene rings is 1. The summed E-state index contributed by atoms with van der Waals surface area (Å²) in [4.78, 5) is 34.7. The Balaban J connectivity index is 1.49. The molecule has 7 heteroatoms. The molecule has 0 unspecified atom stereocenters. The molecule has 0 saturated carbocycles. The van der Waals surface area contributed by atoms with Crippen molar-refractivity contribution in [1.29, 1.82) is 0 Å². The summed E-state index contributed by atoms with van der Waals surface area (Å²) in [5, 5.41) is 0.756. The Labute approximate surface area is 189 Å². The maximum Gasteiger partial charge on any atom is 0.242 e. The van der Waals surface area contributed by atoms with Crippen LogP contribution in [0.5, 0.6) is 0 Å². The van der Waals surface area contributed by atoms with Crippen LogP contribution >= 0.6 is 11.8 Å². The number of fused-ring (bicyclic) bond motifs is 1. The average molecular weight is 443 g/mol. The first-order chi connectivity index (χ1) is 14.9. The van der Waals surface area contributed by atoms with Gasteiger partial charge in [-0.25, -0.2) is 4.98 Å². The van der Waals surface area contributed by atoms with Crippen molar-refractivity contribution >= 4 is 34.6 Å². The largest absolute Gasteiger partial charge is 0.342 e. The number of carbonyl (C=O) groups is 2. The van der Waals surface area contributed by atoms with Gasteiger partial charge in [0.1, 0.15) is 6.54 Å². The topological polar surface area (TPSA) is 58.4 Å². The summed E-state index contributed by atoms with van der Waals surface area (Å²) in [7, 11) is 0. The number of hydrogen-bond acceptors (Lipinski definition) is 4. The fraction of sp³-hybridized carbons (Fsp3) is 0.625. The first-order valence-electron chi connectivity index (χ1n) is 11.5. The lowest BCUT2D eigenvalue weighted by atomic mass is 9.92. The normalized spacial score (nSPS) is 24.5. The lowest BCUT2D eigenvalue weighted by Crippen LogP contribution is -2.44. The number of carbonyl (C=O) groups excluding carboxylic acids is 2. The van der Waals surface area contributed by atoms with Crippen molar-refractivity contribution in [2.75, 3.05) is 31.9 Å². The Morgan fingerprint density at radius 1 is 1.00 bits per heavy atom. The first-order valence-corrected chi connectivity index (χ1v) is 12.5. The van der Waals surface area contributed by atoms with Gasteiger partial charge < -0.3 is 14.4 Å². The van der Waals surface area contributed by atoms with Gasteiger partial charge in [0, 0.05) is 26.2 Å². The van der Waals surface area contributed by atoms with Gasteiger partial charge in [0.25, 0.3) is 0 Å². The van der Waals surface area contributed by atoms with Gasteiger partial charge in [0.2, 0.25) is 11.8 Å². The molecular formula is C24H34N4O2S. The summed E-state index contributed by atoms with van der Waals surface area (Å²) in [5.74, 6) is 2.30. The standard InChI is InChI=1S/C24H34N4O2S/c1-17-7-6-10-26(12-17)23(30)16-31-24-25-20-8-4-5-9-21(20)28(24)15-22(29)27-13-18(2)11-19(3)14-27/h4-5,8-9,17-19H,6-7,10-16H2,1-3H3/t17-,18-,19+/m1/s1. The predicted molar refractivity (Wildman–Crippen MR) is 125 cm³/mol. The molecule has 0 bridgehead atoms. The first kappa shape index (κ1) is 22.2. The number of piperidine rings is 2. The van der Waals surface area contributed by atoms with Crippen molar-refractivity contribution < 1.29 is 9.59 Å². The maximum atomic E-state index is 13.2. The minimum Gasteiger partial charge on any atom is -0.342 e. The van der Waals surface area contributed by atoms with Gasteiger partial charge >= 0.3 is 0 Å². The van der Waals surface area contributed by atoms with E-state index in [9.17, 15) is 9.59 Å². The number of thioether (sulfide) groups is 1. The van der Waals surface area contributed by atoms with Crippen molar-refractivity contribution in [3.8, 4) is 0 Å². The summed E-state index contributed by atoms with van der Waals surface area (Å²) in [5.41, 5.74) is 1.83. The SMILES string of the molecule is C[C@@H]1CCCN(C(=O)CSc2nc3ccccc3n2CC(=O)N2C[C@H](C)C[C@H](C)C2)C1. The van der Waals surface area contributed by atoms with Crippen molar-refractivity contribution in [1.82, 2.24) is 19.4 Å².